The normalized spacial score (nSPS) is 11.3. The van der Waals surface area contributed by atoms with Crippen LogP contribution in [0.5, 0.6) is 0 Å². The molecule has 0 spiro atoms. The van der Waals surface area contributed by atoms with Gasteiger partial charge in [0.05, 0.1) is 29.4 Å². The molecule has 0 aliphatic heterocycles. The smallest absolute Gasteiger partial charge is 0.268 e. The molecule has 0 aliphatic carbocycles. The largest absolute Gasteiger partial charge is 0.268 e. The number of benzene rings is 1. The Morgan fingerprint density at radius 1 is 1.29 bits per heavy atom. The van der Waals surface area contributed by atoms with Gasteiger partial charge < -0.3 is 0 Å². The molecule has 1 aromatic carbocycles. The molecule has 21 heavy (non-hydrogen) atoms. The van der Waals surface area contributed by atoms with Gasteiger partial charge >= 0.3 is 0 Å². The van der Waals surface area contributed by atoms with Gasteiger partial charge in [-0.25, -0.2) is 17.8 Å². The summed E-state index contributed by atoms with van der Waals surface area (Å²) in [5.74, 6) is -0.650. The summed E-state index contributed by atoms with van der Waals surface area (Å²) in [7, 11) is -3.60. The van der Waals surface area contributed by atoms with E-state index in [1.807, 2.05) is 42.0 Å². The van der Waals surface area contributed by atoms with Gasteiger partial charge in [-0.15, -0.1) is 0 Å². The van der Waals surface area contributed by atoms with Crippen molar-refractivity contribution in [3.05, 3.63) is 47.8 Å². The lowest BCUT2D eigenvalue weighted by atomic mass is 10.1. The average Bonchev–Trinajstić information content (AvgIpc) is 2.82. The van der Waals surface area contributed by atoms with E-state index in [9.17, 15) is 13.2 Å². The second-order valence-corrected chi connectivity index (χ2v) is 6.45. The summed E-state index contributed by atoms with van der Waals surface area (Å²) < 4.78 is 26.0. The summed E-state index contributed by atoms with van der Waals surface area (Å²) in [5, 5.41) is 4.22. The van der Waals surface area contributed by atoms with Crippen LogP contribution < -0.4 is 4.72 Å². The maximum absolute atomic E-state index is 12.1. The molecule has 0 radical (unpaired) electrons. The van der Waals surface area contributed by atoms with Crippen molar-refractivity contribution < 1.29 is 13.2 Å². The lowest BCUT2D eigenvalue weighted by Gasteiger charge is -2.08. The Morgan fingerprint density at radius 3 is 2.52 bits per heavy atom. The molecule has 0 saturated carbocycles. The monoisotopic (exact) mass is 307 g/mol. The van der Waals surface area contributed by atoms with Gasteiger partial charge in [0.15, 0.2) is 0 Å². The molecular formula is C14H17N3O3S. The van der Waals surface area contributed by atoms with Gasteiger partial charge in [0.2, 0.25) is 10.0 Å². The van der Waals surface area contributed by atoms with Gasteiger partial charge in [0, 0.05) is 0 Å². The van der Waals surface area contributed by atoms with Gasteiger partial charge in [-0.1, -0.05) is 31.5 Å². The number of nitrogens with one attached hydrogen (secondary N) is 1. The fourth-order valence-electron chi connectivity index (χ4n) is 2.06. The maximum atomic E-state index is 12.1. The average molecular weight is 307 g/mol. The minimum atomic E-state index is -3.60. The van der Waals surface area contributed by atoms with Crippen molar-refractivity contribution in [1.29, 1.82) is 0 Å². The molecule has 0 unspecified atom stereocenters. The van der Waals surface area contributed by atoms with Crippen LogP contribution >= 0.6 is 0 Å². The van der Waals surface area contributed by atoms with Crippen molar-refractivity contribution in [3.8, 4) is 5.69 Å². The highest BCUT2D eigenvalue weighted by atomic mass is 32.2. The topological polar surface area (TPSA) is 81.1 Å². The minimum Gasteiger partial charge on any atom is -0.268 e. The van der Waals surface area contributed by atoms with Crippen LogP contribution in [0.3, 0.4) is 0 Å². The predicted molar refractivity (Wildman–Crippen MR) is 79.9 cm³/mol. The molecule has 1 N–H and O–H groups in total. The quantitative estimate of drug-likeness (QED) is 0.908. The number of sulfonamides is 1. The summed E-state index contributed by atoms with van der Waals surface area (Å²) in [5.41, 5.74) is 1.82. The van der Waals surface area contributed by atoms with Crippen LogP contribution in [0, 0.1) is 0 Å². The van der Waals surface area contributed by atoms with Crippen LogP contribution in [0.2, 0.25) is 0 Å². The van der Waals surface area contributed by atoms with E-state index >= 15 is 0 Å². The van der Waals surface area contributed by atoms with Crippen LogP contribution in [0.15, 0.2) is 36.5 Å². The molecule has 0 bridgehead atoms. The Labute approximate surface area is 123 Å². The fraction of sp³-hybridized carbons (Fsp3) is 0.286. The summed E-state index contributed by atoms with van der Waals surface area (Å²) in [6.07, 6.45) is 3.80. The van der Waals surface area contributed by atoms with Crippen molar-refractivity contribution in [2.24, 2.45) is 0 Å². The van der Waals surface area contributed by atoms with Gasteiger partial charge in [-0.05, 0) is 18.6 Å². The lowest BCUT2D eigenvalue weighted by Crippen LogP contribution is -2.30. The fourth-order valence-corrected chi connectivity index (χ4v) is 2.50. The van der Waals surface area contributed by atoms with E-state index in [1.165, 1.54) is 6.20 Å². The van der Waals surface area contributed by atoms with Crippen LogP contribution in [-0.2, 0) is 16.4 Å². The molecule has 1 amide bonds. The first-order chi connectivity index (χ1) is 9.92. The highest BCUT2D eigenvalue weighted by molar-refractivity contribution is 7.89. The third-order valence-corrected chi connectivity index (χ3v) is 3.44. The van der Waals surface area contributed by atoms with Gasteiger partial charge in [0.1, 0.15) is 0 Å². The second-order valence-electron chi connectivity index (χ2n) is 4.71. The van der Waals surface area contributed by atoms with Gasteiger partial charge in [-0.3, -0.25) is 4.79 Å². The molecule has 0 atom stereocenters. The third kappa shape index (κ3) is 3.69. The van der Waals surface area contributed by atoms with E-state index in [2.05, 4.69) is 5.10 Å². The van der Waals surface area contributed by atoms with E-state index in [0.717, 1.165) is 18.4 Å². The van der Waals surface area contributed by atoms with Crippen LogP contribution in [0.1, 0.15) is 29.4 Å². The summed E-state index contributed by atoms with van der Waals surface area (Å²) >= 11 is 0. The summed E-state index contributed by atoms with van der Waals surface area (Å²) in [4.78, 5) is 12.1. The second kappa shape index (κ2) is 6.09. The van der Waals surface area contributed by atoms with Crippen molar-refractivity contribution in [2.45, 2.75) is 19.8 Å². The number of carbonyl (C=O) groups excluding carboxylic acids is 1. The molecule has 0 aliphatic rings. The first-order valence-corrected chi connectivity index (χ1v) is 8.46. The van der Waals surface area contributed by atoms with Crippen LogP contribution in [-0.4, -0.2) is 30.4 Å². The Balaban J connectivity index is 2.44. The molecule has 2 rings (SSSR count). The van der Waals surface area contributed by atoms with E-state index in [0.29, 0.717) is 12.1 Å². The Hall–Kier alpha value is -2.15. The lowest BCUT2D eigenvalue weighted by molar-refractivity contribution is 0.0980. The molecule has 7 heteroatoms. The Kier molecular flexibility index (Phi) is 4.42. The Morgan fingerprint density at radius 2 is 1.95 bits per heavy atom. The first-order valence-electron chi connectivity index (χ1n) is 6.57. The zero-order valence-electron chi connectivity index (χ0n) is 11.9. The molecule has 6 nitrogen and oxygen atoms in total. The number of carbonyl (C=O) groups is 1. The number of hydrogen-bond acceptors (Lipinski definition) is 4. The molecule has 112 valence electrons. The molecule has 0 saturated heterocycles. The minimum absolute atomic E-state index is 0.283. The third-order valence-electron chi connectivity index (χ3n) is 2.88. The maximum Gasteiger partial charge on any atom is 0.268 e. The zero-order chi connectivity index (χ0) is 15.5. The van der Waals surface area contributed by atoms with Gasteiger partial charge in [0.25, 0.3) is 5.91 Å². The standard InChI is InChI=1S/C14H17N3O3S/c1-3-7-13-12(14(18)16-21(2,19)20)10-15-17(13)11-8-5-4-6-9-11/h4-6,8-10H,3,7H2,1-2H3,(H,16,18). The zero-order valence-corrected chi connectivity index (χ0v) is 12.7. The summed E-state index contributed by atoms with van der Waals surface area (Å²) in [6.45, 7) is 1.99. The van der Waals surface area contributed by atoms with Crippen LogP contribution in [0.4, 0.5) is 0 Å². The van der Waals surface area contributed by atoms with E-state index in [4.69, 9.17) is 0 Å². The molecule has 1 aromatic heterocycles. The Bertz CT molecular complexity index is 736. The first kappa shape index (κ1) is 15.2. The predicted octanol–water partition coefficient (Wildman–Crippen LogP) is 1.51. The molecule has 1 heterocycles. The number of amides is 1. The van der Waals surface area contributed by atoms with E-state index in [-0.39, 0.29) is 5.56 Å². The van der Waals surface area contributed by atoms with E-state index < -0.39 is 15.9 Å². The molecular weight excluding hydrogens is 290 g/mol. The van der Waals surface area contributed by atoms with E-state index in [1.54, 1.807) is 4.68 Å². The number of para-hydroxylation sites is 1. The highest BCUT2D eigenvalue weighted by Crippen LogP contribution is 2.17. The number of aromatic nitrogens is 2. The van der Waals surface area contributed by atoms with Crippen molar-refractivity contribution in [1.82, 2.24) is 14.5 Å². The SMILES string of the molecule is CCCc1c(C(=O)NS(C)(=O)=O)cnn1-c1ccccc1. The number of rotatable bonds is 5. The highest BCUT2D eigenvalue weighted by Gasteiger charge is 2.20. The molecule has 2 aromatic rings. The van der Waals surface area contributed by atoms with Crippen molar-refractivity contribution in [3.63, 3.8) is 0 Å². The van der Waals surface area contributed by atoms with Crippen molar-refractivity contribution in [2.75, 3.05) is 6.26 Å². The van der Waals surface area contributed by atoms with Crippen LogP contribution in [0.25, 0.3) is 5.69 Å². The van der Waals surface area contributed by atoms with Crippen molar-refractivity contribution >= 4 is 15.9 Å². The molecule has 0 fully saturated rings. The number of nitrogens with zero attached hydrogens (tertiary/aromatic N) is 2. The summed E-state index contributed by atoms with van der Waals surface area (Å²) in [6, 6.07) is 9.41. The van der Waals surface area contributed by atoms with Gasteiger partial charge in [-0.2, -0.15) is 5.10 Å². The number of hydrogen-bond donors (Lipinski definition) is 1.